The molecule has 0 aliphatic rings. The minimum absolute atomic E-state index is 0.0174. The molecule has 0 saturated heterocycles. The van der Waals surface area contributed by atoms with Crippen LogP contribution >= 0.6 is 7.60 Å². The summed E-state index contributed by atoms with van der Waals surface area (Å²) >= 11 is 0. The fourth-order valence-electron chi connectivity index (χ4n) is 1.85. The van der Waals surface area contributed by atoms with E-state index < -0.39 is 13.6 Å². The van der Waals surface area contributed by atoms with Crippen LogP contribution in [0.1, 0.15) is 78.1 Å². The van der Waals surface area contributed by atoms with Crippen LogP contribution in [0.3, 0.4) is 0 Å². The van der Waals surface area contributed by atoms with Crippen molar-refractivity contribution in [3.63, 3.8) is 0 Å². The van der Waals surface area contributed by atoms with Crippen molar-refractivity contribution in [2.24, 2.45) is 0 Å². The van der Waals surface area contributed by atoms with Crippen molar-refractivity contribution in [3.05, 3.63) is 0 Å². The van der Waals surface area contributed by atoms with E-state index in [1.165, 1.54) is 45.4 Å². The van der Waals surface area contributed by atoms with Gasteiger partial charge >= 0.3 is 13.6 Å². The molecule has 0 aliphatic heterocycles. The minimum Gasteiger partial charge on any atom is -0.392 e. The maximum atomic E-state index is 11.3. The molecule has 0 heterocycles. The third kappa shape index (κ3) is 12.4. The van der Waals surface area contributed by atoms with Gasteiger partial charge in [0, 0.05) is 6.42 Å². The second-order valence-corrected chi connectivity index (χ2v) is 7.09. The van der Waals surface area contributed by atoms with E-state index in [4.69, 9.17) is 4.89 Å². The van der Waals surface area contributed by atoms with Gasteiger partial charge in [0.25, 0.3) is 0 Å². The molecule has 1 unspecified atom stereocenters. The summed E-state index contributed by atoms with van der Waals surface area (Å²) in [4.78, 5) is 20.4. The number of unbranched alkanes of at least 4 members (excludes halogenated alkanes) is 8. The minimum atomic E-state index is -3.66. The Morgan fingerprint density at radius 1 is 0.947 bits per heavy atom. The Labute approximate surface area is 117 Å². The molecule has 0 fully saturated rings. The Morgan fingerprint density at radius 3 is 1.89 bits per heavy atom. The fraction of sp³-hybridized carbons (Fsp3) is 0.929. The van der Waals surface area contributed by atoms with Crippen LogP contribution in [0.2, 0.25) is 0 Å². The van der Waals surface area contributed by atoms with Crippen molar-refractivity contribution in [3.8, 4) is 0 Å². The molecule has 0 aromatic heterocycles. The molecule has 114 valence electrons. The van der Waals surface area contributed by atoms with Gasteiger partial charge in [0.15, 0.2) is 0 Å². The van der Waals surface area contributed by atoms with Gasteiger partial charge < -0.3 is 9.42 Å². The van der Waals surface area contributed by atoms with E-state index in [9.17, 15) is 9.36 Å². The highest BCUT2D eigenvalue weighted by Crippen LogP contribution is 2.41. The summed E-state index contributed by atoms with van der Waals surface area (Å²) < 4.78 is 15.7. The third-order valence-corrected chi connectivity index (χ3v) is 4.42. The molecule has 4 nitrogen and oxygen atoms in total. The van der Waals surface area contributed by atoms with E-state index in [2.05, 4.69) is 11.4 Å². The van der Waals surface area contributed by atoms with E-state index in [1.807, 2.05) is 0 Å². The number of carbonyl (C=O) groups is 1. The second-order valence-electron chi connectivity index (χ2n) is 5.00. The zero-order chi connectivity index (χ0) is 14.6. The fourth-order valence-corrected chi connectivity index (χ4v) is 2.39. The Balaban J connectivity index is 3.35. The molecule has 0 aliphatic carbocycles. The summed E-state index contributed by atoms with van der Waals surface area (Å²) in [5.74, 6) is -0.546. The van der Waals surface area contributed by atoms with E-state index in [-0.39, 0.29) is 12.6 Å². The van der Waals surface area contributed by atoms with Crippen LogP contribution in [-0.2, 0) is 13.9 Å². The van der Waals surface area contributed by atoms with Crippen LogP contribution in [0, 0.1) is 0 Å². The second kappa shape index (κ2) is 11.5. The molecule has 0 rings (SSSR count). The van der Waals surface area contributed by atoms with Crippen LogP contribution in [-0.4, -0.2) is 17.0 Å². The van der Waals surface area contributed by atoms with Crippen LogP contribution in [0.5, 0.6) is 0 Å². The Hall–Kier alpha value is -0.340. The Bertz CT molecular complexity index is 279. The standard InChI is InChI=1S/C14H29O4P/c1-3-5-6-7-8-9-10-11-12-13-14(15)18-19(16,17)4-2/h3-13H2,1-2H3,(H,16,17). The lowest BCUT2D eigenvalue weighted by atomic mass is 10.1. The number of hydrogen-bond acceptors (Lipinski definition) is 3. The van der Waals surface area contributed by atoms with Crippen LogP contribution in [0.15, 0.2) is 0 Å². The maximum absolute atomic E-state index is 11.3. The lowest BCUT2D eigenvalue weighted by Gasteiger charge is -2.09. The largest absolute Gasteiger partial charge is 0.392 e. The molecule has 0 saturated carbocycles. The smallest absolute Gasteiger partial charge is 0.378 e. The van der Waals surface area contributed by atoms with Gasteiger partial charge in [0.05, 0.1) is 6.16 Å². The van der Waals surface area contributed by atoms with E-state index >= 15 is 0 Å². The van der Waals surface area contributed by atoms with Crippen LogP contribution in [0.4, 0.5) is 0 Å². The van der Waals surface area contributed by atoms with Crippen LogP contribution in [0.25, 0.3) is 0 Å². The van der Waals surface area contributed by atoms with Crippen molar-refractivity contribution in [1.82, 2.24) is 0 Å². The lowest BCUT2D eigenvalue weighted by Crippen LogP contribution is -2.03. The number of hydrogen-bond donors (Lipinski definition) is 1. The number of rotatable bonds is 12. The molecular formula is C14H29O4P. The van der Waals surface area contributed by atoms with E-state index in [0.29, 0.717) is 0 Å². The summed E-state index contributed by atoms with van der Waals surface area (Å²) in [7, 11) is -3.66. The normalized spacial score (nSPS) is 14.1. The zero-order valence-electron chi connectivity index (χ0n) is 12.4. The van der Waals surface area contributed by atoms with Crippen LogP contribution < -0.4 is 0 Å². The Morgan fingerprint density at radius 2 is 1.42 bits per heavy atom. The van der Waals surface area contributed by atoms with Crippen molar-refractivity contribution < 1.29 is 18.8 Å². The van der Waals surface area contributed by atoms with Gasteiger partial charge in [-0.1, -0.05) is 65.2 Å². The van der Waals surface area contributed by atoms with Crippen molar-refractivity contribution in [2.75, 3.05) is 6.16 Å². The first-order valence-electron chi connectivity index (χ1n) is 7.56. The van der Waals surface area contributed by atoms with Gasteiger partial charge in [-0.25, -0.2) is 4.57 Å². The monoisotopic (exact) mass is 292 g/mol. The predicted molar refractivity (Wildman–Crippen MR) is 78.3 cm³/mol. The molecule has 0 spiro atoms. The summed E-state index contributed by atoms with van der Waals surface area (Å²) in [6.45, 7) is 3.75. The van der Waals surface area contributed by atoms with Gasteiger partial charge in [-0.15, -0.1) is 0 Å². The molecule has 1 N–H and O–H groups in total. The van der Waals surface area contributed by atoms with Gasteiger partial charge in [-0.3, -0.25) is 4.79 Å². The average molecular weight is 292 g/mol. The number of carbonyl (C=O) groups excluding carboxylic acids is 1. The zero-order valence-corrected chi connectivity index (χ0v) is 13.3. The van der Waals surface area contributed by atoms with Crippen molar-refractivity contribution in [1.29, 1.82) is 0 Å². The highest BCUT2D eigenvalue weighted by molar-refractivity contribution is 7.53. The molecule has 0 aromatic carbocycles. The summed E-state index contributed by atoms with van der Waals surface area (Å²) in [6.07, 6.45) is 10.8. The summed E-state index contributed by atoms with van der Waals surface area (Å²) in [5.41, 5.74) is 0. The Kier molecular flexibility index (Phi) is 11.3. The predicted octanol–water partition coefficient (Wildman–Crippen LogP) is 4.66. The molecule has 5 heteroatoms. The van der Waals surface area contributed by atoms with Crippen molar-refractivity contribution >= 4 is 13.6 Å². The van der Waals surface area contributed by atoms with Gasteiger partial charge in [-0.2, -0.15) is 0 Å². The first-order chi connectivity index (χ1) is 9.02. The quantitative estimate of drug-likeness (QED) is 0.420. The summed E-state index contributed by atoms with van der Waals surface area (Å²) in [6, 6.07) is 0. The molecule has 0 aromatic rings. The average Bonchev–Trinajstić information content (AvgIpc) is 2.36. The summed E-state index contributed by atoms with van der Waals surface area (Å²) in [5, 5.41) is 0. The molecule has 19 heavy (non-hydrogen) atoms. The van der Waals surface area contributed by atoms with E-state index in [0.717, 1.165) is 19.3 Å². The lowest BCUT2D eigenvalue weighted by molar-refractivity contribution is -0.134. The van der Waals surface area contributed by atoms with Crippen molar-refractivity contribution in [2.45, 2.75) is 78.1 Å². The molecule has 0 radical (unpaired) electrons. The third-order valence-electron chi connectivity index (χ3n) is 3.13. The van der Waals surface area contributed by atoms with E-state index in [1.54, 1.807) is 0 Å². The van der Waals surface area contributed by atoms with Gasteiger partial charge in [-0.05, 0) is 6.42 Å². The van der Waals surface area contributed by atoms with Gasteiger partial charge in [0.1, 0.15) is 0 Å². The highest BCUT2D eigenvalue weighted by atomic mass is 31.2. The SMILES string of the molecule is CCCCCCCCCCCC(=O)OP(=O)(O)CC. The maximum Gasteiger partial charge on any atom is 0.378 e. The molecule has 0 bridgehead atoms. The molecular weight excluding hydrogens is 263 g/mol. The van der Waals surface area contributed by atoms with Gasteiger partial charge in [0.2, 0.25) is 0 Å². The first-order valence-corrected chi connectivity index (χ1v) is 9.32. The molecule has 1 atom stereocenters. The highest BCUT2D eigenvalue weighted by Gasteiger charge is 2.20. The first kappa shape index (κ1) is 18.7. The molecule has 0 amide bonds. The topological polar surface area (TPSA) is 63.6 Å².